The number of ketones is 1. The Hall–Kier alpha value is -1.50. The van der Waals surface area contributed by atoms with Crippen LogP contribution >= 0.6 is 0 Å². The van der Waals surface area contributed by atoms with Gasteiger partial charge < -0.3 is 20.1 Å². The lowest BCUT2D eigenvalue weighted by Crippen LogP contribution is -2.65. The summed E-state index contributed by atoms with van der Waals surface area (Å²) in [6, 6.07) is 0. The first-order chi connectivity index (χ1) is 14.9. The topological polar surface area (TPSA) is 104 Å². The lowest BCUT2D eigenvalue weighted by molar-refractivity contribution is -0.204. The number of aliphatic hydroxyl groups excluding tert-OH is 2. The highest BCUT2D eigenvalue weighted by Crippen LogP contribution is 2.62. The van der Waals surface area contributed by atoms with Gasteiger partial charge in [-0.05, 0) is 54.6 Å². The average Bonchev–Trinajstić information content (AvgIpc) is 3.32. The van der Waals surface area contributed by atoms with Crippen LogP contribution in [0, 0.1) is 34.5 Å². The Balaban J connectivity index is 1.88. The molecule has 32 heavy (non-hydrogen) atoms. The second kappa shape index (κ2) is 7.78. The minimum Gasteiger partial charge on any atom is -0.454 e. The van der Waals surface area contributed by atoms with Crippen molar-refractivity contribution in [3.8, 4) is 0 Å². The highest BCUT2D eigenvalue weighted by Gasteiger charge is 2.73. The van der Waals surface area contributed by atoms with Crippen molar-refractivity contribution >= 4 is 11.8 Å². The van der Waals surface area contributed by atoms with Crippen LogP contribution in [-0.2, 0) is 14.3 Å². The van der Waals surface area contributed by atoms with Crippen molar-refractivity contribution in [2.24, 2.45) is 34.5 Å². The molecule has 4 rings (SSSR count). The van der Waals surface area contributed by atoms with Gasteiger partial charge in [-0.2, -0.15) is 0 Å². The smallest absolute Gasteiger partial charge is 0.309 e. The monoisotopic (exact) mass is 446 g/mol. The van der Waals surface area contributed by atoms with Crippen LogP contribution in [0.1, 0.15) is 66.7 Å². The van der Waals surface area contributed by atoms with Crippen molar-refractivity contribution in [1.82, 2.24) is 0 Å². The third-order valence-electron chi connectivity index (χ3n) is 9.43. The number of hydrogen-bond acceptors (Lipinski definition) is 6. The van der Waals surface area contributed by atoms with Gasteiger partial charge in [-0.1, -0.05) is 52.7 Å². The molecule has 4 aliphatic carbocycles. The Morgan fingerprint density at radius 2 is 1.81 bits per heavy atom. The van der Waals surface area contributed by atoms with Crippen LogP contribution < -0.4 is 0 Å². The third-order valence-corrected chi connectivity index (χ3v) is 9.43. The highest BCUT2D eigenvalue weighted by molar-refractivity contribution is 5.95. The predicted molar refractivity (Wildman–Crippen MR) is 119 cm³/mol. The van der Waals surface area contributed by atoms with Crippen molar-refractivity contribution in [3.63, 3.8) is 0 Å². The van der Waals surface area contributed by atoms with Crippen LogP contribution in [0.4, 0.5) is 0 Å². The van der Waals surface area contributed by atoms with Crippen LogP contribution in [0.3, 0.4) is 0 Å². The van der Waals surface area contributed by atoms with E-state index in [0.29, 0.717) is 12.0 Å². The molecule has 0 unspecified atom stereocenters. The van der Waals surface area contributed by atoms with E-state index in [2.05, 4.69) is 6.92 Å². The van der Waals surface area contributed by atoms with Gasteiger partial charge in [-0.15, -0.1) is 0 Å². The molecule has 2 fully saturated rings. The van der Waals surface area contributed by atoms with Gasteiger partial charge in [0.05, 0.1) is 17.9 Å². The maximum absolute atomic E-state index is 14.3. The normalized spacial score (nSPS) is 43.8. The zero-order valence-electron chi connectivity index (χ0n) is 19.9. The second-order valence-corrected chi connectivity index (χ2v) is 11.4. The number of carbonyl (C=O) groups excluding carboxylic acids is 2. The van der Waals surface area contributed by atoms with Crippen LogP contribution in [0.5, 0.6) is 0 Å². The summed E-state index contributed by atoms with van der Waals surface area (Å²) in [5.74, 6) is -1.46. The van der Waals surface area contributed by atoms with Gasteiger partial charge in [0.2, 0.25) is 0 Å². The Morgan fingerprint density at radius 1 is 1.19 bits per heavy atom. The molecule has 2 bridgehead atoms. The maximum atomic E-state index is 14.3. The lowest BCUT2D eigenvalue weighted by Gasteiger charge is -2.48. The molecule has 0 saturated heterocycles. The van der Waals surface area contributed by atoms with E-state index in [9.17, 15) is 24.9 Å². The molecule has 0 aromatic heterocycles. The summed E-state index contributed by atoms with van der Waals surface area (Å²) in [6.07, 6.45) is 4.90. The van der Waals surface area contributed by atoms with Gasteiger partial charge >= 0.3 is 5.97 Å². The first-order valence-corrected chi connectivity index (χ1v) is 12.1. The number of allylic oxidation sites excluding steroid dienone is 1. The van der Waals surface area contributed by atoms with Crippen LogP contribution in [0.2, 0.25) is 0 Å². The molecule has 0 aliphatic heterocycles. The summed E-state index contributed by atoms with van der Waals surface area (Å²) in [4.78, 5) is 27.3. The van der Waals surface area contributed by atoms with Crippen molar-refractivity contribution in [2.75, 3.05) is 6.61 Å². The number of aliphatic hydroxyl groups is 3. The second-order valence-electron chi connectivity index (χ2n) is 11.4. The number of fused-ring (bicyclic) bond motifs is 1. The highest BCUT2D eigenvalue weighted by atomic mass is 16.6. The van der Waals surface area contributed by atoms with Gasteiger partial charge in [0.1, 0.15) is 6.10 Å². The van der Waals surface area contributed by atoms with Gasteiger partial charge in [-0.3, -0.25) is 9.59 Å². The number of carbonyl (C=O) groups is 2. The molecule has 6 nitrogen and oxygen atoms in total. The van der Waals surface area contributed by atoms with Gasteiger partial charge in [0.25, 0.3) is 0 Å². The molecule has 0 aromatic rings. The van der Waals surface area contributed by atoms with Gasteiger partial charge in [-0.25, -0.2) is 0 Å². The van der Waals surface area contributed by atoms with Crippen molar-refractivity contribution in [2.45, 2.75) is 84.5 Å². The fraction of sp³-hybridized carbons (Fsp3) is 0.769. The summed E-state index contributed by atoms with van der Waals surface area (Å²) >= 11 is 0. The largest absolute Gasteiger partial charge is 0.454 e. The van der Waals surface area contributed by atoms with Crippen molar-refractivity contribution in [3.05, 3.63) is 23.3 Å². The molecule has 6 heteroatoms. The quantitative estimate of drug-likeness (QED) is 0.455. The van der Waals surface area contributed by atoms with Gasteiger partial charge in [0, 0.05) is 5.92 Å². The minimum atomic E-state index is -2.06. The number of Topliss-reactive ketones (excluding diaryl/α,β-unsaturated/α-hetero) is 1. The van der Waals surface area contributed by atoms with E-state index in [0.717, 1.165) is 25.7 Å². The van der Waals surface area contributed by atoms with E-state index in [1.165, 1.54) is 0 Å². The predicted octanol–water partition coefficient (Wildman–Crippen LogP) is 2.95. The zero-order valence-corrected chi connectivity index (χ0v) is 19.9. The van der Waals surface area contributed by atoms with Crippen molar-refractivity contribution in [1.29, 1.82) is 0 Å². The standard InChI is InChI=1S/C26H38O6/c1-14-12-25-16(3)10-15(2)24(4,5)19(21(25)29)11-18(13-27)20(28)26(25,31)22(14)32-23(30)17-8-6-7-9-17/h11-12,15-17,19-20,22,27-28,31H,6-10,13H2,1-5H3/t15-,16+,19+,20+,22-,25-,26-/m0/s1. The molecule has 178 valence electrons. The summed E-state index contributed by atoms with van der Waals surface area (Å²) in [6.45, 7) is 9.42. The van der Waals surface area contributed by atoms with Crippen LogP contribution in [0.25, 0.3) is 0 Å². The Kier molecular flexibility index (Phi) is 5.75. The molecule has 0 heterocycles. The van der Waals surface area contributed by atoms with Crippen LogP contribution in [0.15, 0.2) is 23.3 Å². The fourth-order valence-electron chi connectivity index (χ4n) is 7.03. The van der Waals surface area contributed by atoms with E-state index in [4.69, 9.17) is 4.74 Å². The molecule has 0 amide bonds. The van der Waals surface area contributed by atoms with E-state index in [1.54, 1.807) is 19.1 Å². The molecule has 7 atom stereocenters. The molecule has 1 spiro atoms. The van der Waals surface area contributed by atoms with Crippen LogP contribution in [-0.4, -0.2) is 51.5 Å². The Bertz CT molecular complexity index is 866. The Labute approximate surface area is 190 Å². The number of ether oxygens (including phenoxy) is 1. The summed E-state index contributed by atoms with van der Waals surface area (Å²) in [7, 11) is 0. The molecule has 4 aliphatic rings. The van der Waals surface area contributed by atoms with Gasteiger partial charge in [0.15, 0.2) is 17.5 Å². The maximum Gasteiger partial charge on any atom is 0.309 e. The first-order valence-electron chi connectivity index (χ1n) is 12.1. The molecule has 0 aromatic carbocycles. The summed E-state index contributed by atoms with van der Waals surface area (Å²) < 4.78 is 5.92. The number of rotatable bonds is 3. The fourth-order valence-corrected chi connectivity index (χ4v) is 7.03. The van der Waals surface area contributed by atoms with E-state index in [1.807, 2.05) is 20.8 Å². The van der Waals surface area contributed by atoms with E-state index >= 15 is 0 Å². The minimum absolute atomic E-state index is 0.162. The Morgan fingerprint density at radius 3 is 2.41 bits per heavy atom. The third kappa shape index (κ3) is 2.95. The zero-order chi connectivity index (χ0) is 23.6. The average molecular weight is 447 g/mol. The molecule has 0 radical (unpaired) electrons. The summed E-state index contributed by atoms with van der Waals surface area (Å²) in [5.41, 5.74) is -3.10. The number of hydrogen-bond donors (Lipinski definition) is 3. The molecule has 3 N–H and O–H groups in total. The first kappa shape index (κ1) is 23.7. The number of esters is 1. The van der Waals surface area contributed by atoms with E-state index in [-0.39, 0.29) is 35.1 Å². The van der Waals surface area contributed by atoms with Crippen molar-refractivity contribution < 1.29 is 29.6 Å². The molecular formula is C26H38O6. The summed E-state index contributed by atoms with van der Waals surface area (Å²) in [5, 5.41) is 34.0. The molecular weight excluding hydrogens is 408 g/mol. The van der Waals surface area contributed by atoms with E-state index < -0.39 is 41.2 Å². The SMILES string of the molecule is CC1=C[C@]23C(=O)[C@@H](C=C(CO)[C@@H](O)[C@]2(O)[C@H]1OC(=O)C1CCCC1)C(C)(C)[C@@H](C)C[C@H]3C. The molecule has 2 saturated carbocycles. The lowest BCUT2D eigenvalue weighted by atomic mass is 9.59.